The van der Waals surface area contributed by atoms with Crippen LogP contribution in [0.2, 0.25) is 0 Å². The highest BCUT2D eigenvalue weighted by Crippen LogP contribution is 2.47. The van der Waals surface area contributed by atoms with Gasteiger partial charge in [0, 0.05) is 21.4 Å². The van der Waals surface area contributed by atoms with Gasteiger partial charge in [0.1, 0.15) is 6.04 Å². The first kappa shape index (κ1) is 14.2. The van der Waals surface area contributed by atoms with Crippen LogP contribution in [0.15, 0.2) is 24.3 Å². The second-order valence-corrected chi connectivity index (χ2v) is 8.01. The third kappa shape index (κ3) is 2.43. The van der Waals surface area contributed by atoms with E-state index in [1.54, 1.807) is 16.7 Å². The summed E-state index contributed by atoms with van der Waals surface area (Å²) in [6.45, 7) is 2.06. The third-order valence-corrected chi connectivity index (χ3v) is 6.08. The van der Waals surface area contributed by atoms with Crippen molar-refractivity contribution >= 4 is 51.9 Å². The molecule has 0 radical (unpaired) electrons. The zero-order valence-corrected chi connectivity index (χ0v) is 14.0. The summed E-state index contributed by atoms with van der Waals surface area (Å²) in [6.07, 6.45) is 1.39. The average molecular weight is 402 g/mol. The van der Waals surface area contributed by atoms with Crippen LogP contribution in [-0.2, 0) is 9.59 Å². The molecule has 106 valence electrons. The van der Waals surface area contributed by atoms with Gasteiger partial charge in [-0.1, -0.05) is 0 Å². The maximum absolute atomic E-state index is 12.4. The molecule has 0 bridgehead atoms. The lowest BCUT2D eigenvalue weighted by Gasteiger charge is -2.29. The van der Waals surface area contributed by atoms with Crippen molar-refractivity contribution in [1.29, 1.82) is 0 Å². The number of thioether (sulfide) groups is 1. The van der Waals surface area contributed by atoms with Crippen LogP contribution in [0.5, 0.6) is 0 Å². The van der Waals surface area contributed by atoms with E-state index in [1.165, 1.54) is 0 Å². The van der Waals surface area contributed by atoms with Gasteiger partial charge in [-0.2, -0.15) is 0 Å². The summed E-state index contributed by atoms with van der Waals surface area (Å²) in [5, 5.41) is 2.91. The molecule has 2 aliphatic rings. The highest BCUT2D eigenvalue weighted by molar-refractivity contribution is 14.1. The minimum absolute atomic E-state index is 0.0855. The van der Waals surface area contributed by atoms with Crippen LogP contribution in [0.1, 0.15) is 19.8 Å². The van der Waals surface area contributed by atoms with E-state index < -0.39 is 0 Å². The molecule has 1 aromatic carbocycles. The molecule has 2 amide bonds. The molecule has 4 nitrogen and oxygen atoms in total. The summed E-state index contributed by atoms with van der Waals surface area (Å²) in [4.78, 5) is 26.0. The number of anilines is 1. The molecule has 2 atom stereocenters. The lowest BCUT2D eigenvalue weighted by atomic mass is 10.2. The van der Waals surface area contributed by atoms with E-state index in [0.717, 1.165) is 15.7 Å². The minimum Gasteiger partial charge on any atom is -0.324 e. The SMILES string of the molecule is C[C@]12CCC(=O)N1[C@@H](C(=O)Nc1ccc(I)cc1)CS2. The predicted molar refractivity (Wildman–Crippen MR) is 88.5 cm³/mol. The number of fused-ring (bicyclic) bond motifs is 1. The second kappa shape index (κ2) is 5.22. The minimum atomic E-state index is -0.348. The van der Waals surface area contributed by atoms with Crippen LogP contribution in [0, 0.1) is 3.57 Å². The Balaban J connectivity index is 1.75. The van der Waals surface area contributed by atoms with E-state index in [9.17, 15) is 9.59 Å². The lowest BCUT2D eigenvalue weighted by molar-refractivity contribution is -0.135. The van der Waals surface area contributed by atoms with Crippen molar-refractivity contribution in [2.75, 3.05) is 11.1 Å². The maximum atomic E-state index is 12.4. The van der Waals surface area contributed by atoms with Crippen LogP contribution >= 0.6 is 34.4 Å². The van der Waals surface area contributed by atoms with E-state index in [-0.39, 0.29) is 22.7 Å². The Labute approximate surface area is 135 Å². The molecule has 1 aromatic rings. The van der Waals surface area contributed by atoms with Crippen molar-refractivity contribution in [3.63, 3.8) is 0 Å². The fourth-order valence-electron chi connectivity index (χ4n) is 2.77. The highest BCUT2D eigenvalue weighted by Gasteiger charge is 2.52. The number of rotatable bonds is 2. The Morgan fingerprint density at radius 1 is 1.45 bits per heavy atom. The van der Waals surface area contributed by atoms with Gasteiger partial charge in [0.2, 0.25) is 11.8 Å². The fraction of sp³-hybridized carbons (Fsp3) is 0.429. The summed E-state index contributed by atoms with van der Waals surface area (Å²) >= 11 is 3.94. The Bertz CT molecular complexity index is 563. The van der Waals surface area contributed by atoms with Gasteiger partial charge in [-0.25, -0.2) is 0 Å². The Morgan fingerprint density at radius 3 is 2.85 bits per heavy atom. The van der Waals surface area contributed by atoms with Crippen LogP contribution in [0.4, 0.5) is 5.69 Å². The Hall–Kier alpha value is -0.760. The number of amides is 2. The predicted octanol–water partition coefficient (Wildman–Crippen LogP) is 2.68. The van der Waals surface area contributed by atoms with Gasteiger partial charge >= 0.3 is 0 Å². The molecular weight excluding hydrogens is 387 g/mol. The molecule has 2 heterocycles. The molecule has 1 N–H and O–H groups in total. The van der Waals surface area contributed by atoms with Gasteiger partial charge in [-0.3, -0.25) is 9.59 Å². The van der Waals surface area contributed by atoms with Crippen LogP contribution in [0.25, 0.3) is 0 Å². The number of halogens is 1. The molecule has 20 heavy (non-hydrogen) atoms. The van der Waals surface area contributed by atoms with Crippen molar-refractivity contribution in [3.8, 4) is 0 Å². The molecule has 2 fully saturated rings. The molecule has 2 aliphatic heterocycles. The summed E-state index contributed by atoms with van der Waals surface area (Å²) in [7, 11) is 0. The van der Waals surface area contributed by atoms with Gasteiger partial charge in [0.15, 0.2) is 0 Å². The van der Waals surface area contributed by atoms with Gasteiger partial charge in [0.25, 0.3) is 0 Å². The van der Waals surface area contributed by atoms with Crippen LogP contribution < -0.4 is 5.32 Å². The normalized spacial score (nSPS) is 28.6. The Kier molecular flexibility index (Phi) is 3.70. The van der Waals surface area contributed by atoms with Gasteiger partial charge < -0.3 is 10.2 Å². The van der Waals surface area contributed by atoms with Crippen molar-refractivity contribution < 1.29 is 9.59 Å². The number of hydrogen-bond donors (Lipinski definition) is 1. The number of nitrogens with zero attached hydrogens (tertiary/aromatic N) is 1. The quantitative estimate of drug-likeness (QED) is 0.775. The monoisotopic (exact) mass is 402 g/mol. The number of carbonyl (C=O) groups excluding carboxylic acids is 2. The van der Waals surface area contributed by atoms with Gasteiger partial charge in [-0.15, -0.1) is 11.8 Å². The first-order valence-electron chi connectivity index (χ1n) is 6.52. The first-order valence-corrected chi connectivity index (χ1v) is 8.59. The van der Waals surface area contributed by atoms with E-state index in [0.29, 0.717) is 12.2 Å². The number of hydrogen-bond acceptors (Lipinski definition) is 3. The summed E-state index contributed by atoms with van der Waals surface area (Å²) < 4.78 is 1.12. The maximum Gasteiger partial charge on any atom is 0.248 e. The summed E-state index contributed by atoms with van der Waals surface area (Å²) in [6, 6.07) is 7.31. The number of nitrogens with one attached hydrogen (secondary N) is 1. The molecule has 0 aromatic heterocycles. The molecule has 0 unspecified atom stereocenters. The van der Waals surface area contributed by atoms with Crippen LogP contribution in [-0.4, -0.2) is 33.4 Å². The largest absolute Gasteiger partial charge is 0.324 e. The zero-order chi connectivity index (χ0) is 14.3. The average Bonchev–Trinajstić information content (AvgIpc) is 2.90. The van der Waals surface area contributed by atoms with E-state index in [1.807, 2.05) is 24.3 Å². The molecular formula is C14H15IN2O2S. The molecule has 2 saturated heterocycles. The molecule has 6 heteroatoms. The highest BCUT2D eigenvalue weighted by atomic mass is 127. The second-order valence-electron chi connectivity index (χ2n) is 5.26. The molecule has 3 rings (SSSR count). The van der Waals surface area contributed by atoms with Crippen LogP contribution in [0.3, 0.4) is 0 Å². The first-order chi connectivity index (χ1) is 9.49. The molecule has 0 spiro atoms. The zero-order valence-electron chi connectivity index (χ0n) is 11.1. The van der Waals surface area contributed by atoms with Crippen molar-refractivity contribution in [2.45, 2.75) is 30.7 Å². The summed E-state index contributed by atoms with van der Waals surface area (Å²) in [5.74, 6) is 0.691. The van der Waals surface area contributed by atoms with E-state index >= 15 is 0 Å². The lowest BCUT2D eigenvalue weighted by Crippen LogP contribution is -2.48. The van der Waals surface area contributed by atoms with Crippen molar-refractivity contribution in [3.05, 3.63) is 27.8 Å². The van der Waals surface area contributed by atoms with Gasteiger partial charge in [0.05, 0.1) is 4.87 Å². The fourth-order valence-corrected chi connectivity index (χ4v) is 4.56. The van der Waals surface area contributed by atoms with E-state index in [2.05, 4.69) is 34.8 Å². The molecule has 0 aliphatic carbocycles. The standard InChI is InChI=1S/C14H15IN2O2S/c1-14-7-6-12(18)17(14)11(8-20-14)13(19)16-10-4-2-9(15)3-5-10/h2-5,11H,6-8H2,1H3,(H,16,19)/t11-,14+/m1/s1. The van der Waals surface area contributed by atoms with Crippen molar-refractivity contribution in [2.24, 2.45) is 0 Å². The van der Waals surface area contributed by atoms with Crippen molar-refractivity contribution in [1.82, 2.24) is 4.90 Å². The van der Waals surface area contributed by atoms with Gasteiger partial charge in [-0.05, 0) is 60.2 Å². The molecule has 0 saturated carbocycles. The smallest absolute Gasteiger partial charge is 0.248 e. The Morgan fingerprint density at radius 2 is 2.15 bits per heavy atom. The summed E-state index contributed by atoms with van der Waals surface area (Å²) in [5.41, 5.74) is 0.778. The topological polar surface area (TPSA) is 49.4 Å². The van der Waals surface area contributed by atoms with E-state index in [4.69, 9.17) is 0 Å². The number of carbonyl (C=O) groups is 2. The number of benzene rings is 1. The third-order valence-electron chi connectivity index (χ3n) is 3.86.